The topological polar surface area (TPSA) is 49.6 Å². The number of halogens is 2. The first kappa shape index (κ1) is 21.2. The van der Waals surface area contributed by atoms with E-state index < -0.39 is 6.04 Å². The molecule has 2 rings (SSSR count). The molecule has 1 amide bonds. The van der Waals surface area contributed by atoms with Gasteiger partial charge in [-0.2, -0.15) is 0 Å². The van der Waals surface area contributed by atoms with Crippen molar-refractivity contribution in [2.75, 3.05) is 26.7 Å². The third-order valence-corrected chi connectivity index (χ3v) is 4.19. The lowest BCUT2D eigenvalue weighted by molar-refractivity contribution is -0.132. The van der Waals surface area contributed by atoms with Crippen LogP contribution in [-0.4, -0.2) is 48.4 Å². The van der Waals surface area contributed by atoms with Crippen molar-refractivity contribution in [3.63, 3.8) is 0 Å². The summed E-state index contributed by atoms with van der Waals surface area (Å²) in [4.78, 5) is 16.6. The lowest BCUT2D eigenvalue weighted by Crippen LogP contribution is -2.44. The molecule has 1 aliphatic rings. The summed E-state index contributed by atoms with van der Waals surface area (Å²) in [5.41, 5.74) is 6.95. The zero-order valence-electron chi connectivity index (χ0n) is 13.3. The highest BCUT2D eigenvalue weighted by Gasteiger charge is 2.27. The van der Waals surface area contributed by atoms with Gasteiger partial charge in [0.1, 0.15) is 6.04 Å². The van der Waals surface area contributed by atoms with Gasteiger partial charge in [0.05, 0.1) is 0 Å². The highest BCUT2D eigenvalue weighted by Crippen LogP contribution is 2.19. The van der Waals surface area contributed by atoms with Gasteiger partial charge in [-0.05, 0) is 31.5 Å². The average molecular weight is 348 g/mol. The van der Waals surface area contributed by atoms with E-state index in [1.807, 2.05) is 37.4 Å². The van der Waals surface area contributed by atoms with Crippen molar-refractivity contribution in [3.05, 3.63) is 35.9 Å². The number of benzene rings is 1. The van der Waals surface area contributed by atoms with Crippen molar-refractivity contribution in [1.82, 2.24) is 9.80 Å². The summed E-state index contributed by atoms with van der Waals surface area (Å²) in [6.07, 6.45) is 2.40. The number of hydrogen-bond donors (Lipinski definition) is 1. The smallest absolute Gasteiger partial charge is 0.243 e. The Hall–Kier alpha value is -0.810. The average Bonchev–Trinajstić information content (AvgIpc) is 2.93. The summed E-state index contributed by atoms with van der Waals surface area (Å²) in [7, 11) is 1.86. The summed E-state index contributed by atoms with van der Waals surface area (Å²) in [5, 5.41) is 0. The van der Waals surface area contributed by atoms with E-state index in [1.165, 1.54) is 12.8 Å². The normalized spacial score (nSPS) is 19.0. The molecule has 126 valence electrons. The highest BCUT2D eigenvalue weighted by atomic mass is 35.5. The van der Waals surface area contributed by atoms with E-state index in [4.69, 9.17) is 5.73 Å². The van der Waals surface area contributed by atoms with Gasteiger partial charge in [-0.1, -0.05) is 37.3 Å². The maximum atomic E-state index is 12.4. The Bertz CT molecular complexity index is 444. The van der Waals surface area contributed by atoms with Gasteiger partial charge in [-0.25, -0.2) is 0 Å². The predicted molar refractivity (Wildman–Crippen MR) is 95.8 cm³/mol. The van der Waals surface area contributed by atoms with Gasteiger partial charge in [0.15, 0.2) is 0 Å². The Morgan fingerprint density at radius 2 is 2.00 bits per heavy atom. The monoisotopic (exact) mass is 347 g/mol. The fraction of sp³-hybridized carbons (Fsp3) is 0.562. The number of nitrogens with two attached hydrogens (primary N) is 1. The summed E-state index contributed by atoms with van der Waals surface area (Å²) < 4.78 is 0. The molecule has 1 aromatic carbocycles. The van der Waals surface area contributed by atoms with Crippen molar-refractivity contribution >= 4 is 30.7 Å². The Kier molecular flexibility index (Phi) is 9.69. The number of likely N-dealkylation sites (tertiary alicyclic amines) is 1. The van der Waals surface area contributed by atoms with Gasteiger partial charge >= 0.3 is 0 Å². The molecule has 0 radical (unpaired) electrons. The van der Waals surface area contributed by atoms with E-state index >= 15 is 0 Å². The number of carbonyl (C=O) groups excluding carboxylic acids is 1. The molecule has 2 N–H and O–H groups in total. The molecule has 1 aliphatic heterocycles. The Labute approximate surface area is 145 Å². The number of rotatable bonds is 5. The van der Waals surface area contributed by atoms with Crippen molar-refractivity contribution in [2.24, 2.45) is 5.73 Å². The number of amides is 1. The van der Waals surface area contributed by atoms with E-state index in [0.717, 1.165) is 25.2 Å². The summed E-state index contributed by atoms with van der Waals surface area (Å²) in [6, 6.07) is 9.50. The van der Waals surface area contributed by atoms with Crippen LogP contribution in [0, 0.1) is 0 Å². The molecule has 0 saturated carbocycles. The molecule has 1 aromatic rings. The molecule has 1 heterocycles. The van der Waals surface area contributed by atoms with E-state index in [2.05, 4.69) is 11.8 Å². The van der Waals surface area contributed by atoms with Crippen LogP contribution in [-0.2, 0) is 4.79 Å². The van der Waals surface area contributed by atoms with Crippen molar-refractivity contribution < 1.29 is 4.79 Å². The Morgan fingerprint density at radius 1 is 1.36 bits per heavy atom. The fourth-order valence-corrected chi connectivity index (χ4v) is 2.96. The second kappa shape index (κ2) is 10.1. The lowest BCUT2D eigenvalue weighted by Gasteiger charge is -2.29. The van der Waals surface area contributed by atoms with Gasteiger partial charge < -0.3 is 10.6 Å². The van der Waals surface area contributed by atoms with E-state index in [0.29, 0.717) is 6.04 Å². The van der Waals surface area contributed by atoms with Crippen LogP contribution >= 0.6 is 24.8 Å². The minimum atomic E-state index is -0.558. The van der Waals surface area contributed by atoms with Gasteiger partial charge in [0, 0.05) is 19.6 Å². The van der Waals surface area contributed by atoms with Crippen LogP contribution in [0.1, 0.15) is 31.4 Å². The van der Waals surface area contributed by atoms with Crippen LogP contribution < -0.4 is 5.73 Å². The van der Waals surface area contributed by atoms with E-state index in [1.54, 1.807) is 4.90 Å². The van der Waals surface area contributed by atoms with Crippen LogP contribution in [0.3, 0.4) is 0 Å². The van der Waals surface area contributed by atoms with Crippen molar-refractivity contribution in [3.8, 4) is 0 Å². The minimum absolute atomic E-state index is 0. The van der Waals surface area contributed by atoms with Gasteiger partial charge in [0.2, 0.25) is 5.91 Å². The van der Waals surface area contributed by atoms with Crippen LogP contribution in [0.2, 0.25) is 0 Å². The third kappa shape index (κ3) is 5.13. The second-order valence-electron chi connectivity index (χ2n) is 5.53. The predicted octanol–water partition coefficient (Wildman–Crippen LogP) is 2.47. The molecule has 6 heteroatoms. The first-order valence-electron chi connectivity index (χ1n) is 7.43. The molecule has 1 fully saturated rings. The zero-order valence-corrected chi connectivity index (χ0v) is 14.9. The SMILES string of the molecule is CCN1CCCC1CN(C)C(=O)C(N)c1ccccc1.Cl.Cl. The molecule has 1 saturated heterocycles. The van der Waals surface area contributed by atoms with Crippen molar-refractivity contribution in [1.29, 1.82) is 0 Å². The van der Waals surface area contributed by atoms with Gasteiger partial charge in [-0.15, -0.1) is 24.8 Å². The summed E-state index contributed by atoms with van der Waals surface area (Å²) >= 11 is 0. The standard InChI is InChI=1S/C16H25N3O.2ClH/c1-3-19-11-7-10-14(19)12-18(2)16(20)15(17)13-8-5-4-6-9-13;;/h4-6,8-9,14-15H,3,7,10-12,17H2,1-2H3;2*1H. The van der Waals surface area contributed by atoms with Gasteiger partial charge in [-0.3, -0.25) is 9.69 Å². The Balaban J connectivity index is 0.00000220. The number of likely N-dealkylation sites (N-methyl/N-ethyl adjacent to an activating group) is 2. The van der Waals surface area contributed by atoms with E-state index in [-0.39, 0.29) is 30.7 Å². The molecule has 0 aromatic heterocycles. The molecule has 22 heavy (non-hydrogen) atoms. The molecule has 0 spiro atoms. The summed E-state index contributed by atoms with van der Waals surface area (Å²) in [6.45, 7) is 5.15. The number of hydrogen-bond acceptors (Lipinski definition) is 3. The minimum Gasteiger partial charge on any atom is -0.343 e. The molecular weight excluding hydrogens is 321 g/mol. The third-order valence-electron chi connectivity index (χ3n) is 4.19. The number of nitrogens with zero attached hydrogens (tertiary/aromatic N) is 2. The largest absolute Gasteiger partial charge is 0.343 e. The summed E-state index contributed by atoms with van der Waals surface area (Å²) in [5.74, 6) is -0.000784. The van der Waals surface area contributed by atoms with Crippen LogP contribution in [0.15, 0.2) is 30.3 Å². The maximum Gasteiger partial charge on any atom is 0.243 e. The van der Waals surface area contributed by atoms with Crippen LogP contribution in [0.4, 0.5) is 0 Å². The molecule has 0 aliphatic carbocycles. The fourth-order valence-electron chi connectivity index (χ4n) is 2.96. The lowest BCUT2D eigenvalue weighted by atomic mass is 10.1. The first-order chi connectivity index (χ1) is 9.63. The van der Waals surface area contributed by atoms with Crippen molar-refractivity contribution in [2.45, 2.75) is 31.8 Å². The molecule has 0 bridgehead atoms. The Morgan fingerprint density at radius 3 is 2.59 bits per heavy atom. The van der Waals surface area contributed by atoms with Crippen LogP contribution in [0.5, 0.6) is 0 Å². The maximum absolute atomic E-state index is 12.4. The second-order valence-corrected chi connectivity index (χ2v) is 5.53. The highest BCUT2D eigenvalue weighted by molar-refractivity contribution is 5.85. The van der Waals surface area contributed by atoms with Crippen LogP contribution in [0.25, 0.3) is 0 Å². The molecule has 4 nitrogen and oxygen atoms in total. The quantitative estimate of drug-likeness (QED) is 0.889. The number of carbonyl (C=O) groups is 1. The molecule has 2 atom stereocenters. The molecule has 2 unspecified atom stereocenters. The van der Waals surface area contributed by atoms with E-state index in [9.17, 15) is 4.79 Å². The molecular formula is C16H27Cl2N3O. The first-order valence-corrected chi connectivity index (χ1v) is 7.43. The zero-order chi connectivity index (χ0) is 14.5. The van der Waals surface area contributed by atoms with Gasteiger partial charge in [0.25, 0.3) is 0 Å².